The van der Waals surface area contributed by atoms with Crippen molar-refractivity contribution >= 4 is 10.8 Å². The van der Waals surface area contributed by atoms with Gasteiger partial charge in [0.2, 0.25) is 0 Å². The maximum absolute atomic E-state index is 15.0. The maximum atomic E-state index is 15.0. The second-order valence-electron chi connectivity index (χ2n) is 8.34. The normalized spacial score (nSPS) is 17.9. The van der Waals surface area contributed by atoms with E-state index in [2.05, 4.69) is 29.9 Å². The molecule has 0 saturated heterocycles. The molecule has 4 rings (SSSR count). The molecule has 0 aliphatic heterocycles. The summed E-state index contributed by atoms with van der Waals surface area (Å²) < 4.78 is 15.0. The highest BCUT2D eigenvalue weighted by Gasteiger charge is 2.19. The highest BCUT2D eigenvalue weighted by Crippen LogP contribution is 2.31. The Balaban J connectivity index is 1.46. The summed E-state index contributed by atoms with van der Waals surface area (Å²) in [4.78, 5) is 0. The molecule has 1 fully saturated rings. The van der Waals surface area contributed by atoms with Crippen LogP contribution in [-0.2, 0) is 6.42 Å². The quantitative estimate of drug-likeness (QED) is 0.449. The van der Waals surface area contributed by atoms with Gasteiger partial charge in [-0.05, 0) is 85.7 Å². The Morgan fingerprint density at radius 1 is 0.903 bits per heavy atom. The molecule has 1 aliphatic carbocycles. The van der Waals surface area contributed by atoms with Crippen molar-refractivity contribution in [3.05, 3.63) is 82.7 Å². The van der Waals surface area contributed by atoms with Crippen LogP contribution in [-0.4, -0.2) is 0 Å². The number of aryl methyl sites for hydroxylation is 1. The van der Waals surface area contributed by atoms with E-state index in [1.165, 1.54) is 24.8 Å². The first-order valence-corrected chi connectivity index (χ1v) is 10.9. The van der Waals surface area contributed by atoms with E-state index in [9.17, 15) is 0 Å². The molecule has 0 radical (unpaired) electrons. The number of nitrogens with zero attached hydrogens (tertiary/aromatic N) is 1. The molecule has 0 heterocycles. The van der Waals surface area contributed by atoms with E-state index in [0.717, 1.165) is 36.1 Å². The van der Waals surface area contributed by atoms with Crippen molar-refractivity contribution in [1.29, 1.82) is 5.26 Å². The Kier molecular flexibility index (Phi) is 6.36. The van der Waals surface area contributed by atoms with Crippen LogP contribution >= 0.6 is 0 Å². The number of fused-ring (bicyclic) bond motifs is 1. The van der Waals surface area contributed by atoms with E-state index in [0.29, 0.717) is 22.4 Å². The third kappa shape index (κ3) is 4.97. The molecule has 0 aromatic heterocycles. The highest BCUT2D eigenvalue weighted by atomic mass is 19.1. The first-order valence-electron chi connectivity index (χ1n) is 10.9. The molecular weight excluding hydrogens is 381 g/mol. The number of nitriles is 1. The van der Waals surface area contributed by atoms with Crippen LogP contribution in [0.25, 0.3) is 10.8 Å². The summed E-state index contributed by atoms with van der Waals surface area (Å²) in [5.41, 5.74) is 2.97. The van der Waals surface area contributed by atoms with E-state index < -0.39 is 0 Å². The smallest absolute Gasteiger partial charge is 0.146 e. The van der Waals surface area contributed by atoms with Crippen LogP contribution < -0.4 is 0 Å². The molecular formula is C29H24FN. The minimum absolute atomic E-state index is 0.280. The standard InChI is InChI=1S/C29H24FN/c1-2-21-3-5-22(6-4-21)7-10-24-14-18-28-27(19-24)17-16-26(29(28)30)15-13-23-8-11-25(20-31)12-9-23/h1,8-9,11-12,14,16-19,21-22H,3-7,10H2. The summed E-state index contributed by atoms with van der Waals surface area (Å²) in [5, 5.41) is 10.4. The Hall–Kier alpha value is -3.54. The molecule has 0 amide bonds. The van der Waals surface area contributed by atoms with Gasteiger partial charge in [0.1, 0.15) is 5.82 Å². The van der Waals surface area contributed by atoms with Crippen molar-refractivity contribution in [1.82, 2.24) is 0 Å². The van der Waals surface area contributed by atoms with Crippen LogP contribution in [0.5, 0.6) is 0 Å². The van der Waals surface area contributed by atoms with Crippen LogP contribution in [0.4, 0.5) is 4.39 Å². The first kappa shape index (κ1) is 20.7. The van der Waals surface area contributed by atoms with Gasteiger partial charge >= 0.3 is 0 Å². The van der Waals surface area contributed by atoms with Crippen molar-refractivity contribution in [2.75, 3.05) is 0 Å². The van der Waals surface area contributed by atoms with E-state index in [4.69, 9.17) is 11.7 Å². The third-order valence-electron chi connectivity index (χ3n) is 6.30. The summed E-state index contributed by atoms with van der Waals surface area (Å²) in [5.74, 6) is 9.74. The van der Waals surface area contributed by atoms with Gasteiger partial charge in [-0.25, -0.2) is 4.39 Å². The maximum Gasteiger partial charge on any atom is 0.146 e. The van der Waals surface area contributed by atoms with Gasteiger partial charge in [0.25, 0.3) is 0 Å². The Morgan fingerprint density at radius 2 is 1.65 bits per heavy atom. The SMILES string of the molecule is C#CC1CCC(CCc2ccc3c(F)c(C#Cc4ccc(C#N)cc4)ccc3c2)CC1. The molecule has 0 N–H and O–H groups in total. The molecule has 3 aromatic carbocycles. The van der Waals surface area contributed by atoms with Gasteiger partial charge < -0.3 is 0 Å². The largest absolute Gasteiger partial charge is 0.205 e. The number of hydrogen-bond acceptors (Lipinski definition) is 1. The lowest BCUT2D eigenvalue weighted by Crippen LogP contribution is -2.13. The average Bonchev–Trinajstić information content (AvgIpc) is 2.83. The van der Waals surface area contributed by atoms with E-state index in [1.807, 2.05) is 18.2 Å². The van der Waals surface area contributed by atoms with E-state index >= 15 is 4.39 Å². The van der Waals surface area contributed by atoms with Crippen molar-refractivity contribution in [2.45, 2.75) is 38.5 Å². The molecule has 0 spiro atoms. The second-order valence-corrected chi connectivity index (χ2v) is 8.34. The number of hydrogen-bond donors (Lipinski definition) is 0. The fourth-order valence-corrected chi connectivity index (χ4v) is 4.35. The van der Waals surface area contributed by atoms with Crippen LogP contribution in [0.3, 0.4) is 0 Å². The monoisotopic (exact) mass is 405 g/mol. The number of benzene rings is 3. The van der Waals surface area contributed by atoms with Crippen LogP contribution in [0.15, 0.2) is 54.6 Å². The summed E-state index contributed by atoms with van der Waals surface area (Å²) >= 11 is 0. The van der Waals surface area contributed by atoms with Gasteiger partial charge in [0.15, 0.2) is 0 Å². The van der Waals surface area contributed by atoms with Gasteiger partial charge in [-0.1, -0.05) is 36.1 Å². The van der Waals surface area contributed by atoms with Crippen molar-refractivity contribution in [2.24, 2.45) is 11.8 Å². The minimum atomic E-state index is -0.280. The minimum Gasteiger partial charge on any atom is -0.205 e. The fraction of sp³-hybridized carbons (Fsp3) is 0.276. The lowest BCUT2D eigenvalue weighted by molar-refractivity contribution is 0.302. The lowest BCUT2D eigenvalue weighted by Gasteiger charge is -2.25. The molecule has 0 unspecified atom stereocenters. The summed E-state index contributed by atoms with van der Waals surface area (Å²) in [6, 6.07) is 18.8. The average molecular weight is 406 g/mol. The van der Waals surface area contributed by atoms with Gasteiger partial charge in [0.05, 0.1) is 17.2 Å². The highest BCUT2D eigenvalue weighted by molar-refractivity contribution is 5.85. The molecule has 0 atom stereocenters. The first-order chi connectivity index (χ1) is 15.2. The molecule has 152 valence electrons. The van der Waals surface area contributed by atoms with Crippen molar-refractivity contribution < 1.29 is 4.39 Å². The molecule has 0 bridgehead atoms. The Labute approximate surface area is 183 Å². The van der Waals surface area contributed by atoms with E-state index in [1.54, 1.807) is 30.3 Å². The zero-order valence-electron chi connectivity index (χ0n) is 17.5. The van der Waals surface area contributed by atoms with E-state index in [-0.39, 0.29) is 5.82 Å². The molecule has 3 aromatic rings. The van der Waals surface area contributed by atoms with Gasteiger partial charge in [-0.2, -0.15) is 5.26 Å². The van der Waals surface area contributed by atoms with Crippen LogP contribution in [0.2, 0.25) is 0 Å². The topological polar surface area (TPSA) is 23.8 Å². The van der Waals surface area contributed by atoms with Crippen molar-refractivity contribution in [3.63, 3.8) is 0 Å². The summed E-state index contributed by atoms with van der Waals surface area (Å²) in [6.45, 7) is 0. The molecule has 31 heavy (non-hydrogen) atoms. The second kappa shape index (κ2) is 9.51. The van der Waals surface area contributed by atoms with Gasteiger partial charge in [-0.3, -0.25) is 0 Å². The molecule has 1 aliphatic rings. The van der Waals surface area contributed by atoms with Gasteiger partial charge in [-0.15, -0.1) is 12.3 Å². The number of halogens is 1. The zero-order valence-corrected chi connectivity index (χ0v) is 17.5. The van der Waals surface area contributed by atoms with Gasteiger partial charge in [0, 0.05) is 16.9 Å². The molecule has 2 heteroatoms. The van der Waals surface area contributed by atoms with Crippen LogP contribution in [0, 0.1) is 53.2 Å². The summed E-state index contributed by atoms with van der Waals surface area (Å²) in [7, 11) is 0. The van der Waals surface area contributed by atoms with Crippen molar-refractivity contribution in [3.8, 4) is 30.3 Å². The fourth-order valence-electron chi connectivity index (χ4n) is 4.35. The summed E-state index contributed by atoms with van der Waals surface area (Å²) in [6.07, 6.45) is 12.5. The Bertz CT molecular complexity index is 1220. The molecule has 1 nitrogen and oxygen atoms in total. The number of rotatable bonds is 3. The third-order valence-corrected chi connectivity index (χ3v) is 6.30. The lowest BCUT2D eigenvalue weighted by atomic mass is 9.80. The zero-order chi connectivity index (χ0) is 21.6. The molecule has 1 saturated carbocycles. The Morgan fingerprint density at radius 3 is 2.35 bits per heavy atom. The number of terminal acetylenes is 1. The van der Waals surface area contributed by atoms with Crippen LogP contribution in [0.1, 0.15) is 54.4 Å². The predicted molar refractivity (Wildman–Crippen MR) is 124 cm³/mol. The predicted octanol–water partition coefficient (Wildman–Crippen LogP) is 6.62.